The molecule has 0 amide bonds. The van der Waals surface area contributed by atoms with Gasteiger partial charge in [0.2, 0.25) is 0 Å². The van der Waals surface area contributed by atoms with E-state index in [2.05, 4.69) is 62.1 Å². The molecule has 1 aliphatic heterocycles. The highest BCUT2D eigenvalue weighted by Gasteiger charge is 2.41. The Morgan fingerprint density at radius 1 is 1.07 bits per heavy atom. The van der Waals surface area contributed by atoms with E-state index in [-0.39, 0.29) is 17.8 Å². The lowest BCUT2D eigenvalue weighted by Crippen LogP contribution is -2.27. The number of carbonyl (C=O) groups is 1. The SMILES string of the molecule is CCN1/C(=C\C(=O)COc2ccc(Cl)cc2)C(C)(C)c2c1ccc1ccccc21. The summed E-state index contributed by atoms with van der Waals surface area (Å²) in [6.07, 6.45) is 1.74. The molecule has 0 unspecified atom stereocenters. The van der Waals surface area contributed by atoms with Crippen LogP contribution < -0.4 is 9.64 Å². The summed E-state index contributed by atoms with van der Waals surface area (Å²) in [5.74, 6) is 0.576. The maximum Gasteiger partial charge on any atom is 0.194 e. The van der Waals surface area contributed by atoms with Crippen LogP contribution in [-0.2, 0) is 10.2 Å². The molecule has 0 aromatic heterocycles. The number of likely N-dealkylation sites (N-methyl/N-ethyl adjacent to an activating group) is 1. The van der Waals surface area contributed by atoms with Crippen LogP contribution in [0.15, 0.2) is 72.4 Å². The van der Waals surface area contributed by atoms with E-state index in [0.717, 1.165) is 12.2 Å². The van der Waals surface area contributed by atoms with Gasteiger partial charge in [0.05, 0.1) is 0 Å². The van der Waals surface area contributed by atoms with Crippen molar-refractivity contribution < 1.29 is 9.53 Å². The van der Waals surface area contributed by atoms with E-state index in [9.17, 15) is 4.79 Å². The first kappa shape index (κ1) is 19.5. The Labute approximate surface area is 176 Å². The molecule has 0 saturated heterocycles. The van der Waals surface area contributed by atoms with Gasteiger partial charge < -0.3 is 9.64 Å². The number of ketones is 1. The summed E-state index contributed by atoms with van der Waals surface area (Å²) < 4.78 is 5.65. The molecular formula is C25H24ClNO2. The minimum atomic E-state index is -0.276. The number of carbonyl (C=O) groups excluding carboxylic acids is 1. The summed E-state index contributed by atoms with van der Waals surface area (Å²) in [7, 11) is 0. The van der Waals surface area contributed by atoms with Crippen molar-refractivity contribution in [1.82, 2.24) is 0 Å². The second-order valence-electron chi connectivity index (χ2n) is 7.79. The van der Waals surface area contributed by atoms with Gasteiger partial charge in [-0.3, -0.25) is 4.79 Å². The third-order valence-corrected chi connectivity index (χ3v) is 5.81. The number of fused-ring (bicyclic) bond motifs is 3. The second-order valence-corrected chi connectivity index (χ2v) is 8.23. The van der Waals surface area contributed by atoms with Gasteiger partial charge in [-0.1, -0.05) is 55.8 Å². The van der Waals surface area contributed by atoms with Gasteiger partial charge >= 0.3 is 0 Å². The minimum Gasteiger partial charge on any atom is -0.485 e. The molecule has 0 atom stereocenters. The highest BCUT2D eigenvalue weighted by molar-refractivity contribution is 6.30. The normalized spacial score (nSPS) is 16.3. The zero-order valence-corrected chi connectivity index (χ0v) is 17.7. The van der Waals surface area contributed by atoms with Crippen molar-refractivity contribution in [2.45, 2.75) is 26.2 Å². The molecule has 0 saturated carbocycles. The van der Waals surface area contributed by atoms with Crippen molar-refractivity contribution in [2.75, 3.05) is 18.1 Å². The van der Waals surface area contributed by atoms with Gasteiger partial charge in [0, 0.05) is 34.4 Å². The van der Waals surface area contributed by atoms with Crippen LogP contribution in [0.3, 0.4) is 0 Å². The van der Waals surface area contributed by atoms with E-state index in [1.165, 1.54) is 22.0 Å². The Morgan fingerprint density at radius 2 is 1.79 bits per heavy atom. The number of allylic oxidation sites excluding steroid dienone is 1. The monoisotopic (exact) mass is 405 g/mol. The van der Waals surface area contributed by atoms with Crippen molar-refractivity contribution in [3.63, 3.8) is 0 Å². The summed E-state index contributed by atoms with van der Waals surface area (Å²) in [6.45, 7) is 7.28. The number of ether oxygens (including phenoxy) is 1. The maximum absolute atomic E-state index is 12.7. The Balaban J connectivity index is 1.66. The van der Waals surface area contributed by atoms with Gasteiger partial charge in [-0.05, 0) is 53.6 Å². The standard InChI is InChI=1S/C25H24ClNO2/c1-4-27-22-14-9-17-7-5-6-8-21(17)24(22)25(2,3)23(27)15-19(28)16-29-20-12-10-18(26)11-13-20/h5-15H,4,16H2,1-3H3/b23-15-. The Morgan fingerprint density at radius 3 is 2.52 bits per heavy atom. The van der Waals surface area contributed by atoms with Crippen LogP contribution in [0.2, 0.25) is 5.02 Å². The molecule has 1 heterocycles. The van der Waals surface area contributed by atoms with E-state index in [0.29, 0.717) is 10.8 Å². The molecule has 3 aromatic carbocycles. The van der Waals surface area contributed by atoms with Crippen molar-refractivity contribution in [3.05, 3.63) is 83.0 Å². The zero-order chi connectivity index (χ0) is 20.6. The first-order chi connectivity index (χ1) is 13.9. The van der Waals surface area contributed by atoms with E-state index in [4.69, 9.17) is 16.3 Å². The van der Waals surface area contributed by atoms with Crippen LogP contribution in [0, 0.1) is 0 Å². The molecule has 0 aliphatic carbocycles. The van der Waals surface area contributed by atoms with Gasteiger partial charge in [-0.2, -0.15) is 0 Å². The van der Waals surface area contributed by atoms with E-state index in [1.807, 2.05) is 0 Å². The fourth-order valence-corrected chi connectivity index (χ4v) is 4.34. The van der Waals surface area contributed by atoms with Gasteiger partial charge in [0.25, 0.3) is 0 Å². The lowest BCUT2D eigenvalue weighted by Gasteiger charge is -2.26. The number of rotatable bonds is 5. The average Bonchev–Trinajstić information content (AvgIpc) is 2.94. The molecule has 4 heteroatoms. The zero-order valence-electron chi connectivity index (χ0n) is 16.9. The molecule has 148 valence electrons. The molecule has 4 rings (SSSR count). The highest BCUT2D eigenvalue weighted by Crippen LogP contribution is 2.50. The summed E-state index contributed by atoms with van der Waals surface area (Å²) in [5.41, 5.74) is 3.18. The van der Waals surface area contributed by atoms with Gasteiger partial charge in [0.1, 0.15) is 5.75 Å². The molecule has 0 spiro atoms. The number of anilines is 1. The van der Waals surface area contributed by atoms with Crippen LogP contribution in [-0.4, -0.2) is 18.9 Å². The van der Waals surface area contributed by atoms with Crippen molar-refractivity contribution in [1.29, 1.82) is 0 Å². The molecule has 0 bridgehead atoms. The fourth-order valence-electron chi connectivity index (χ4n) is 4.22. The van der Waals surface area contributed by atoms with Gasteiger partial charge in [0.15, 0.2) is 12.4 Å². The summed E-state index contributed by atoms with van der Waals surface area (Å²) in [6, 6.07) is 19.8. The fraction of sp³-hybridized carbons (Fsp3) is 0.240. The molecule has 0 fully saturated rings. The third-order valence-electron chi connectivity index (χ3n) is 5.56. The van der Waals surface area contributed by atoms with Crippen LogP contribution in [0.4, 0.5) is 5.69 Å². The highest BCUT2D eigenvalue weighted by atomic mass is 35.5. The van der Waals surface area contributed by atoms with Crippen LogP contribution >= 0.6 is 11.6 Å². The molecule has 1 aliphatic rings. The van der Waals surface area contributed by atoms with E-state index in [1.54, 1.807) is 30.3 Å². The van der Waals surface area contributed by atoms with Crippen LogP contribution in [0.25, 0.3) is 10.8 Å². The number of benzene rings is 3. The smallest absolute Gasteiger partial charge is 0.194 e. The molecule has 3 aromatic rings. The minimum absolute atomic E-state index is 0.00411. The lowest BCUT2D eigenvalue weighted by molar-refractivity contribution is -0.116. The van der Waals surface area contributed by atoms with E-state index < -0.39 is 0 Å². The number of hydrogen-bond donors (Lipinski definition) is 0. The summed E-state index contributed by atoms with van der Waals surface area (Å²) in [4.78, 5) is 15.0. The Kier molecular flexibility index (Phi) is 5.10. The third kappa shape index (κ3) is 3.51. The Hall–Kier alpha value is -2.78. The molecule has 29 heavy (non-hydrogen) atoms. The van der Waals surface area contributed by atoms with Crippen molar-refractivity contribution >= 4 is 33.8 Å². The summed E-state index contributed by atoms with van der Waals surface area (Å²) in [5, 5.41) is 3.10. The number of nitrogens with zero attached hydrogens (tertiary/aromatic N) is 1. The van der Waals surface area contributed by atoms with Crippen LogP contribution in [0.5, 0.6) is 5.75 Å². The molecule has 0 N–H and O–H groups in total. The number of halogens is 1. The van der Waals surface area contributed by atoms with Crippen molar-refractivity contribution in [3.8, 4) is 5.75 Å². The quantitative estimate of drug-likeness (QED) is 0.477. The maximum atomic E-state index is 12.7. The predicted molar refractivity (Wildman–Crippen MR) is 120 cm³/mol. The molecule has 0 radical (unpaired) electrons. The second kappa shape index (κ2) is 7.57. The Bertz CT molecular complexity index is 1100. The van der Waals surface area contributed by atoms with E-state index >= 15 is 0 Å². The molecule has 3 nitrogen and oxygen atoms in total. The average molecular weight is 406 g/mol. The summed E-state index contributed by atoms with van der Waals surface area (Å²) >= 11 is 5.90. The predicted octanol–water partition coefficient (Wildman–Crippen LogP) is 6.14. The van der Waals surface area contributed by atoms with Gasteiger partial charge in [-0.15, -0.1) is 0 Å². The van der Waals surface area contributed by atoms with Gasteiger partial charge in [-0.25, -0.2) is 0 Å². The number of hydrogen-bond acceptors (Lipinski definition) is 3. The molecular weight excluding hydrogens is 382 g/mol. The first-order valence-corrected chi connectivity index (χ1v) is 10.2. The first-order valence-electron chi connectivity index (χ1n) is 9.85. The van der Waals surface area contributed by atoms with Crippen LogP contribution in [0.1, 0.15) is 26.3 Å². The topological polar surface area (TPSA) is 29.5 Å². The lowest BCUT2D eigenvalue weighted by atomic mass is 9.81. The van der Waals surface area contributed by atoms with Crippen molar-refractivity contribution in [2.24, 2.45) is 0 Å². The largest absolute Gasteiger partial charge is 0.485 e.